The SMILES string of the molecule is Cc1[nH]c2c(-c3cc(C(F)(F)F)ccc3OCC3CC3)ncnc2c1C(=O)N[C@@H]1CC[C@H](NC(=O)CO)C[C@H]1C. The molecule has 12 heteroatoms. The summed E-state index contributed by atoms with van der Waals surface area (Å²) in [5.74, 6) is -0.0264. The average Bonchev–Trinajstić information content (AvgIpc) is 3.67. The molecule has 2 aliphatic rings. The minimum Gasteiger partial charge on any atom is -0.493 e. The second kappa shape index (κ2) is 11.1. The molecule has 0 saturated heterocycles. The Morgan fingerprint density at radius 3 is 2.60 bits per heavy atom. The molecule has 3 aromatic rings. The number of rotatable bonds is 8. The third-order valence-corrected chi connectivity index (χ3v) is 7.73. The van der Waals surface area contributed by atoms with Gasteiger partial charge >= 0.3 is 6.18 Å². The summed E-state index contributed by atoms with van der Waals surface area (Å²) >= 11 is 0. The Morgan fingerprint density at radius 2 is 1.93 bits per heavy atom. The fourth-order valence-corrected chi connectivity index (χ4v) is 5.37. The number of amides is 2. The van der Waals surface area contributed by atoms with Gasteiger partial charge in [0.05, 0.1) is 23.3 Å². The molecule has 9 nitrogen and oxygen atoms in total. The van der Waals surface area contributed by atoms with Crippen molar-refractivity contribution in [2.75, 3.05) is 13.2 Å². The highest BCUT2D eigenvalue weighted by Gasteiger charge is 2.34. The van der Waals surface area contributed by atoms with Crippen LogP contribution in [0.5, 0.6) is 5.75 Å². The predicted molar refractivity (Wildman–Crippen MR) is 141 cm³/mol. The molecule has 1 aromatic carbocycles. The molecule has 2 aromatic heterocycles. The number of fused-ring (bicyclic) bond motifs is 1. The molecule has 2 aliphatic carbocycles. The summed E-state index contributed by atoms with van der Waals surface area (Å²) in [6.07, 6.45) is 0.679. The van der Waals surface area contributed by atoms with Gasteiger partial charge in [0.2, 0.25) is 5.91 Å². The standard InChI is InChI=1S/C28H32F3N5O4/c1-14-9-18(35-22(38)11-37)6-7-20(14)36-27(39)23-15(2)34-26-24(32-13-33-25(23)26)19-10-17(28(29,30)31)5-8-21(19)40-12-16-3-4-16/h5,8,10,13-14,16,18,20,34,37H,3-4,6-7,9,11-12H2,1-2H3,(H,35,38)(H,36,39)/t14-,18+,20-/m1/s1. The summed E-state index contributed by atoms with van der Waals surface area (Å²) in [6, 6.07) is 3.12. The Bertz CT molecular complexity index is 1420. The molecule has 2 fully saturated rings. The lowest BCUT2D eigenvalue weighted by molar-refractivity contribution is -0.137. The van der Waals surface area contributed by atoms with Gasteiger partial charge in [-0.1, -0.05) is 6.92 Å². The Kier molecular flexibility index (Phi) is 7.72. The normalized spacial score (nSPS) is 21.3. The lowest BCUT2D eigenvalue weighted by Gasteiger charge is -2.35. The van der Waals surface area contributed by atoms with E-state index in [1.165, 1.54) is 12.4 Å². The Hall–Kier alpha value is -3.67. The van der Waals surface area contributed by atoms with Gasteiger partial charge in [-0.25, -0.2) is 9.97 Å². The summed E-state index contributed by atoms with van der Waals surface area (Å²) in [5, 5.41) is 14.9. The van der Waals surface area contributed by atoms with E-state index in [-0.39, 0.29) is 40.9 Å². The Labute approximate surface area is 228 Å². The van der Waals surface area contributed by atoms with Crippen molar-refractivity contribution in [3.63, 3.8) is 0 Å². The van der Waals surface area contributed by atoms with E-state index < -0.39 is 24.3 Å². The van der Waals surface area contributed by atoms with E-state index in [0.29, 0.717) is 54.1 Å². The summed E-state index contributed by atoms with van der Waals surface area (Å²) in [4.78, 5) is 36.8. The van der Waals surface area contributed by atoms with E-state index >= 15 is 0 Å². The number of aromatic amines is 1. The molecule has 0 unspecified atom stereocenters. The molecule has 5 rings (SSSR count). The maximum atomic E-state index is 13.6. The van der Waals surface area contributed by atoms with Crippen LogP contribution in [0.2, 0.25) is 0 Å². The quantitative estimate of drug-likeness (QED) is 0.328. The summed E-state index contributed by atoms with van der Waals surface area (Å²) < 4.78 is 46.8. The molecule has 2 heterocycles. The van der Waals surface area contributed by atoms with Crippen LogP contribution in [-0.2, 0) is 11.0 Å². The van der Waals surface area contributed by atoms with Crippen molar-refractivity contribution in [2.45, 2.75) is 64.2 Å². The zero-order valence-corrected chi connectivity index (χ0v) is 22.3. The maximum absolute atomic E-state index is 13.6. The fourth-order valence-electron chi connectivity index (χ4n) is 5.37. The number of nitrogens with one attached hydrogen (secondary N) is 3. The van der Waals surface area contributed by atoms with Crippen molar-refractivity contribution in [2.24, 2.45) is 11.8 Å². The molecule has 0 spiro atoms. The number of aliphatic hydroxyl groups is 1. The van der Waals surface area contributed by atoms with Crippen molar-refractivity contribution in [3.8, 4) is 17.0 Å². The summed E-state index contributed by atoms with van der Waals surface area (Å²) in [5.41, 5.74) is 1.04. The Balaban J connectivity index is 1.43. The number of benzene rings is 1. The van der Waals surface area contributed by atoms with E-state index in [9.17, 15) is 22.8 Å². The first-order valence-electron chi connectivity index (χ1n) is 13.4. The second-order valence-corrected chi connectivity index (χ2v) is 10.8. The number of aromatic nitrogens is 3. The van der Waals surface area contributed by atoms with E-state index in [1.54, 1.807) is 6.92 Å². The van der Waals surface area contributed by atoms with Crippen LogP contribution in [0.4, 0.5) is 13.2 Å². The monoisotopic (exact) mass is 559 g/mol. The van der Waals surface area contributed by atoms with Gasteiger partial charge in [0.15, 0.2) is 0 Å². The second-order valence-electron chi connectivity index (χ2n) is 10.8. The molecular weight excluding hydrogens is 527 g/mol. The lowest BCUT2D eigenvalue weighted by atomic mass is 9.82. The number of hydrogen-bond acceptors (Lipinski definition) is 6. The summed E-state index contributed by atoms with van der Waals surface area (Å²) in [7, 11) is 0. The molecule has 3 atom stereocenters. The number of carbonyl (C=O) groups is 2. The van der Waals surface area contributed by atoms with E-state index in [2.05, 4.69) is 25.6 Å². The molecular formula is C28H32F3N5O4. The lowest BCUT2D eigenvalue weighted by Crippen LogP contribution is -2.48. The first-order valence-corrected chi connectivity index (χ1v) is 13.4. The third kappa shape index (κ3) is 5.91. The number of halogens is 3. The molecule has 2 saturated carbocycles. The number of aryl methyl sites for hydroxylation is 1. The van der Waals surface area contributed by atoms with Crippen molar-refractivity contribution in [3.05, 3.63) is 41.3 Å². The van der Waals surface area contributed by atoms with Crippen LogP contribution in [0.15, 0.2) is 24.5 Å². The van der Waals surface area contributed by atoms with Crippen LogP contribution in [0.25, 0.3) is 22.3 Å². The Morgan fingerprint density at radius 1 is 1.15 bits per heavy atom. The molecule has 0 bridgehead atoms. The number of nitrogens with zero attached hydrogens (tertiary/aromatic N) is 2. The van der Waals surface area contributed by atoms with Gasteiger partial charge in [0.1, 0.15) is 29.9 Å². The van der Waals surface area contributed by atoms with Crippen molar-refractivity contribution < 1.29 is 32.6 Å². The number of aliphatic hydroxyl groups excluding tert-OH is 1. The molecule has 214 valence electrons. The smallest absolute Gasteiger partial charge is 0.416 e. The van der Waals surface area contributed by atoms with Gasteiger partial charge in [0, 0.05) is 23.3 Å². The highest BCUT2D eigenvalue weighted by atomic mass is 19.4. The van der Waals surface area contributed by atoms with Gasteiger partial charge in [-0.2, -0.15) is 13.2 Å². The third-order valence-electron chi connectivity index (χ3n) is 7.73. The maximum Gasteiger partial charge on any atom is 0.416 e. The first kappa shape index (κ1) is 27.9. The highest BCUT2D eigenvalue weighted by Crippen LogP contribution is 2.40. The molecule has 40 heavy (non-hydrogen) atoms. The number of ether oxygens (including phenoxy) is 1. The zero-order chi connectivity index (χ0) is 28.6. The van der Waals surface area contributed by atoms with Crippen LogP contribution in [-0.4, -0.2) is 57.2 Å². The largest absolute Gasteiger partial charge is 0.493 e. The number of H-pyrrole nitrogens is 1. The predicted octanol–water partition coefficient (Wildman–Crippen LogP) is 4.14. The number of hydrogen-bond donors (Lipinski definition) is 4. The minimum absolute atomic E-state index is 0.0636. The topological polar surface area (TPSA) is 129 Å². The van der Waals surface area contributed by atoms with E-state index in [4.69, 9.17) is 9.84 Å². The minimum atomic E-state index is -4.55. The van der Waals surface area contributed by atoms with Gasteiger partial charge in [-0.3, -0.25) is 9.59 Å². The van der Waals surface area contributed by atoms with Gasteiger partial charge in [-0.15, -0.1) is 0 Å². The van der Waals surface area contributed by atoms with Crippen LogP contribution < -0.4 is 15.4 Å². The van der Waals surface area contributed by atoms with Crippen LogP contribution in [0.3, 0.4) is 0 Å². The van der Waals surface area contributed by atoms with Crippen molar-refractivity contribution in [1.29, 1.82) is 0 Å². The zero-order valence-electron chi connectivity index (χ0n) is 22.3. The van der Waals surface area contributed by atoms with Gasteiger partial charge in [-0.05, 0) is 69.1 Å². The average molecular weight is 560 g/mol. The van der Waals surface area contributed by atoms with Crippen LogP contribution >= 0.6 is 0 Å². The van der Waals surface area contributed by atoms with Crippen LogP contribution in [0, 0.1) is 18.8 Å². The molecule has 0 aliphatic heterocycles. The van der Waals surface area contributed by atoms with Gasteiger partial charge < -0.3 is 25.5 Å². The van der Waals surface area contributed by atoms with Crippen LogP contribution in [0.1, 0.15) is 60.6 Å². The van der Waals surface area contributed by atoms with E-state index in [1.807, 2.05) is 6.92 Å². The fraction of sp³-hybridized carbons (Fsp3) is 0.500. The van der Waals surface area contributed by atoms with Gasteiger partial charge in [0.25, 0.3) is 5.91 Å². The van der Waals surface area contributed by atoms with Crippen molar-refractivity contribution >= 4 is 22.8 Å². The molecule has 2 amide bonds. The van der Waals surface area contributed by atoms with E-state index in [0.717, 1.165) is 25.0 Å². The highest BCUT2D eigenvalue weighted by molar-refractivity contribution is 6.09. The first-order chi connectivity index (χ1) is 19.0. The number of alkyl halides is 3. The number of carbonyl (C=O) groups excluding carboxylic acids is 2. The van der Waals surface area contributed by atoms with Crippen molar-refractivity contribution in [1.82, 2.24) is 25.6 Å². The molecule has 4 N–H and O–H groups in total. The summed E-state index contributed by atoms with van der Waals surface area (Å²) in [6.45, 7) is 3.54. The molecule has 0 radical (unpaired) electrons.